The third kappa shape index (κ3) is 4.26. The van der Waals surface area contributed by atoms with Crippen LogP contribution < -0.4 is 0 Å². The molecule has 0 spiro atoms. The molecule has 0 N–H and O–H groups in total. The lowest BCUT2D eigenvalue weighted by molar-refractivity contribution is -0.136. The smallest absolute Gasteiger partial charge is 0.338 e. The Kier molecular flexibility index (Phi) is 5.63. The van der Waals surface area contributed by atoms with E-state index in [4.69, 9.17) is 20.8 Å². The van der Waals surface area contributed by atoms with E-state index in [1.807, 2.05) is 12.1 Å². The summed E-state index contributed by atoms with van der Waals surface area (Å²) >= 11 is 5.95. The predicted octanol–water partition coefficient (Wildman–Crippen LogP) is 4.61. The van der Waals surface area contributed by atoms with E-state index in [0.29, 0.717) is 22.9 Å². The molecule has 6 nitrogen and oxygen atoms in total. The van der Waals surface area contributed by atoms with Crippen LogP contribution in [-0.4, -0.2) is 29.2 Å². The first-order valence-corrected chi connectivity index (χ1v) is 9.50. The van der Waals surface area contributed by atoms with Crippen LogP contribution in [0.15, 0.2) is 76.4 Å². The number of amides is 1. The van der Waals surface area contributed by atoms with Gasteiger partial charge in [-0.15, -0.1) is 0 Å². The van der Waals surface area contributed by atoms with Crippen molar-refractivity contribution in [2.24, 2.45) is 5.10 Å². The second kappa shape index (κ2) is 8.51. The average molecular weight is 427 g/mol. The highest BCUT2D eigenvalue weighted by Gasteiger charge is 2.35. The van der Waals surface area contributed by atoms with Crippen molar-refractivity contribution in [2.45, 2.75) is 12.5 Å². The minimum atomic E-state index is -0.723. The molecule has 152 valence electrons. The van der Waals surface area contributed by atoms with Gasteiger partial charge < -0.3 is 9.15 Å². The first kappa shape index (κ1) is 19.8. The number of hydrazone groups is 1. The second-order valence-electron chi connectivity index (χ2n) is 6.61. The summed E-state index contributed by atoms with van der Waals surface area (Å²) in [5.41, 5.74) is 1.67. The van der Waals surface area contributed by atoms with Gasteiger partial charge in [-0.05, 0) is 54.1 Å². The van der Waals surface area contributed by atoms with E-state index in [0.717, 1.165) is 17.7 Å². The Morgan fingerprint density at radius 2 is 1.87 bits per heavy atom. The fourth-order valence-corrected chi connectivity index (χ4v) is 3.25. The van der Waals surface area contributed by atoms with Gasteiger partial charge in [0.25, 0.3) is 5.91 Å². The monoisotopic (exact) mass is 426 g/mol. The van der Waals surface area contributed by atoms with Gasteiger partial charge in [-0.1, -0.05) is 23.7 Å². The molecule has 2 aromatic carbocycles. The van der Waals surface area contributed by atoms with E-state index in [2.05, 4.69) is 5.10 Å². The van der Waals surface area contributed by atoms with Crippen molar-refractivity contribution in [1.29, 1.82) is 0 Å². The maximum absolute atomic E-state index is 13.0. The third-order valence-electron chi connectivity index (χ3n) is 4.62. The first-order valence-electron chi connectivity index (χ1n) is 9.13. The number of benzene rings is 2. The molecule has 1 aromatic heterocycles. The quantitative estimate of drug-likeness (QED) is 0.559. The Morgan fingerprint density at radius 1 is 1.13 bits per heavy atom. The normalized spacial score (nSPS) is 15.7. The molecule has 0 saturated carbocycles. The standard InChI is InChI=1S/C22H16ClFN2O4/c23-16-7-3-14(4-8-16)18-12-19(20-2-1-11-29-20)26(25-18)21(27)13-30-22(28)15-5-9-17(24)10-6-15/h1-11,19H,12-13H2. The van der Waals surface area contributed by atoms with E-state index in [-0.39, 0.29) is 5.56 Å². The Morgan fingerprint density at radius 3 is 2.53 bits per heavy atom. The number of halogens is 2. The molecule has 2 heterocycles. The van der Waals surface area contributed by atoms with E-state index >= 15 is 0 Å². The van der Waals surface area contributed by atoms with Crippen LogP contribution in [0.3, 0.4) is 0 Å². The number of ether oxygens (including phenoxy) is 1. The largest absolute Gasteiger partial charge is 0.467 e. The van der Waals surface area contributed by atoms with Crippen LogP contribution in [0.25, 0.3) is 0 Å². The molecule has 4 rings (SSSR count). The summed E-state index contributed by atoms with van der Waals surface area (Å²) in [5.74, 6) is -1.12. The maximum atomic E-state index is 13.0. The molecule has 1 aliphatic heterocycles. The van der Waals surface area contributed by atoms with Gasteiger partial charge in [-0.25, -0.2) is 14.2 Å². The summed E-state index contributed by atoms with van der Waals surface area (Å²) in [6.45, 7) is -0.509. The van der Waals surface area contributed by atoms with E-state index in [9.17, 15) is 14.0 Å². The maximum Gasteiger partial charge on any atom is 0.338 e. The summed E-state index contributed by atoms with van der Waals surface area (Å²) in [6.07, 6.45) is 1.96. The third-order valence-corrected chi connectivity index (χ3v) is 4.87. The van der Waals surface area contributed by atoms with Crippen molar-refractivity contribution in [1.82, 2.24) is 5.01 Å². The van der Waals surface area contributed by atoms with Crippen molar-refractivity contribution < 1.29 is 23.1 Å². The van der Waals surface area contributed by atoms with Gasteiger partial charge in [0.2, 0.25) is 0 Å². The molecule has 1 amide bonds. The average Bonchev–Trinajstić information content (AvgIpc) is 3.43. The lowest BCUT2D eigenvalue weighted by Gasteiger charge is -2.19. The minimum absolute atomic E-state index is 0.151. The first-order chi connectivity index (χ1) is 14.5. The summed E-state index contributed by atoms with van der Waals surface area (Å²) in [7, 11) is 0. The number of hydrogen-bond acceptors (Lipinski definition) is 5. The van der Waals surface area contributed by atoms with Crippen molar-refractivity contribution in [3.63, 3.8) is 0 Å². The van der Waals surface area contributed by atoms with Gasteiger partial charge in [0.15, 0.2) is 6.61 Å². The molecule has 0 aliphatic carbocycles. The van der Waals surface area contributed by atoms with Gasteiger partial charge >= 0.3 is 5.97 Å². The Balaban J connectivity index is 1.50. The zero-order valence-corrected chi connectivity index (χ0v) is 16.4. The summed E-state index contributed by atoms with van der Waals surface area (Å²) in [5, 5.41) is 6.31. The van der Waals surface area contributed by atoms with Crippen LogP contribution in [0.4, 0.5) is 4.39 Å². The second-order valence-corrected chi connectivity index (χ2v) is 7.05. The van der Waals surface area contributed by atoms with Crippen LogP contribution in [0.2, 0.25) is 5.02 Å². The fraction of sp³-hybridized carbons (Fsp3) is 0.136. The van der Waals surface area contributed by atoms with Crippen LogP contribution in [-0.2, 0) is 9.53 Å². The lowest BCUT2D eigenvalue weighted by Crippen LogP contribution is -2.31. The van der Waals surface area contributed by atoms with E-state index < -0.39 is 30.3 Å². The van der Waals surface area contributed by atoms with Crippen molar-refractivity contribution in [3.8, 4) is 0 Å². The predicted molar refractivity (Wildman–Crippen MR) is 108 cm³/mol. The number of esters is 1. The van der Waals surface area contributed by atoms with E-state index in [1.165, 1.54) is 23.4 Å². The molecular formula is C22H16ClFN2O4. The highest BCUT2D eigenvalue weighted by Crippen LogP contribution is 2.33. The lowest BCUT2D eigenvalue weighted by atomic mass is 10.0. The zero-order chi connectivity index (χ0) is 21.1. The van der Waals surface area contributed by atoms with Crippen molar-refractivity contribution in [2.75, 3.05) is 6.61 Å². The number of nitrogens with zero attached hydrogens (tertiary/aromatic N) is 2. The molecule has 1 unspecified atom stereocenters. The molecule has 8 heteroatoms. The number of rotatable bonds is 5. The molecule has 0 fully saturated rings. The van der Waals surface area contributed by atoms with Gasteiger partial charge in [-0.3, -0.25) is 4.79 Å². The van der Waals surface area contributed by atoms with Gasteiger partial charge in [0, 0.05) is 11.4 Å². The zero-order valence-electron chi connectivity index (χ0n) is 15.6. The Hall–Kier alpha value is -3.45. The van der Waals surface area contributed by atoms with E-state index in [1.54, 1.807) is 24.3 Å². The number of hydrogen-bond donors (Lipinski definition) is 0. The van der Waals surface area contributed by atoms with Gasteiger partial charge in [0.1, 0.15) is 17.6 Å². The summed E-state index contributed by atoms with van der Waals surface area (Å²) in [4.78, 5) is 24.9. The molecule has 30 heavy (non-hydrogen) atoms. The summed E-state index contributed by atoms with van der Waals surface area (Å²) in [6, 6.07) is 15.0. The topological polar surface area (TPSA) is 72.1 Å². The molecule has 0 radical (unpaired) electrons. The number of furan rings is 1. The number of carbonyl (C=O) groups excluding carboxylic acids is 2. The molecule has 1 atom stereocenters. The number of carbonyl (C=O) groups is 2. The van der Waals surface area contributed by atoms with Gasteiger partial charge in [-0.2, -0.15) is 5.10 Å². The molecular weight excluding hydrogens is 411 g/mol. The van der Waals surface area contributed by atoms with Crippen LogP contribution in [0.5, 0.6) is 0 Å². The summed E-state index contributed by atoms with van der Waals surface area (Å²) < 4.78 is 23.6. The highest BCUT2D eigenvalue weighted by atomic mass is 35.5. The Labute approximate surface area is 176 Å². The fourth-order valence-electron chi connectivity index (χ4n) is 3.12. The Bertz CT molecular complexity index is 1080. The van der Waals surface area contributed by atoms with Crippen molar-refractivity contribution in [3.05, 3.63) is 94.7 Å². The van der Waals surface area contributed by atoms with Crippen LogP contribution in [0, 0.1) is 5.82 Å². The molecule has 0 bridgehead atoms. The van der Waals surface area contributed by atoms with Gasteiger partial charge in [0.05, 0.1) is 17.5 Å². The molecule has 0 saturated heterocycles. The van der Waals surface area contributed by atoms with Crippen LogP contribution >= 0.6 is 11.6 Å². The van der Waals surface area contributed by atoms with Crippen molar-refractivity contribution >= 4 is 29.2 Å². The SMILES string of the molecule is O=C(OCC(=O)N1N=C(c2ccc(Cl)cc2)CC1c1ccco1)c1ccc(F)cc1. The minimum Gasteiger partial charge on any atom is -0.467 e. The molecule has 3 aromatic rings. The highest BCUT2D eigenvalue weighted by molar-refractivity contribution is 6.30. The molecule has 1 aliphatic rings. The van der Waals surface area contributed by atoms with Crippen LogP contribution in [0.1, 0.15) is 34.1 Å².